The van der Waals surface area contributed by atoms with Crippen LogP contribution >= 0.6 is 34.8 Å². The SMILES string of the molecule is CC1(C)CC(=O)C2=C(C1)N(c1cccc(Cl)c1Cl)C(=O)CC2c1ccc(Cl)cc1. The van der Waals surface area contributed by atoms with Crippen LogP contribution < -0.4 is 4.90 Å². The van der Waals surface area contributed by atoms with Crippen LogP contribution in [-0.4, -0.2) is 11.7 Å². The van der Waals surface area contributed by atoms with Gasteiger partial charge in [0.1, 0.15) is 0 Å². The van der Waals surface area contributed by atoms with Crippen molar-refractivity contribution in [2.24, 2.45) is 5.41 Å². The summed E-state index contributed by atoms with van der Waals surface area (Å²) in [5, 5.41) is 1.31. The van der Waals surface area contributed by atoms with Gasteiger partial charge in [0.15, 0.2) is 5.78 Å². The molecule has 0 aromatic heterocycles. The van der Waals surface area contributed by atoms with E-state index in [-0.39, 0.29) is 29.4 Å². The average molecular weight is 449 g/mol. The third-order valence-electron chi connectivity index (χ3n) is 5.59. The van der Waals surface area contributed by atoms with E-state index in [1.54, 1.807) is 35.2 Å². The Kier molecular flexibility index (Phi) is 5.27. The lowest BCUT2D eigenvalue weighted by Crippen LogP contribution is -2.43. The van der Waals surface area contributed by atoms with Crippen LogP contribution in [-0.2, 0) is 9.59 Å². The molecule has 0 N–H and O–H groups in total. The van der Waals surface area contributed by atoms with Crippen molar-refractivity contribution in [2.45, 2.75) is 39.0 Å². The molecular weight excluding hydrogens is 429 g/mol. The van der Waals surface area contributed by atoms with Crippen LogP contribution in [0.4, 0.5) is 5.69 Å². The van der Waals surface area contributed by atoms with Crippen LogP contribution in [0.2, 0.25) is 15.1 Å². The number of nitrogens with zero attached hydrogens (tertiary/aromatic N) is 1. The molecule has 1 aliphatic heterocycles. The largest absolute Gasteiger partial charge is 0.294 e. The molecule has 0 bridgehead atoms. The van der Waals surface area contributed by atoms with Gasteiger partial charge in [0, 0.05) is 35.1 Å². The minimum absolute atomic E-state index is 0.0758. The number of benzene rings is 2. The first-order chi connectivity index (χ1) is 13.7. The lowest BCUT2D eigenvalue weighted by atomic mass is 9.69. The molecule has 0 spiro atoms. The smallest absolute Gasteiger partial charge is 0.232 e. The van der Waals surface area contributed by atoms with Crippen LogP contribution in [0.1, 0.15) is 44.6 Å². The molecular formula is C23H20Cl3NO2. The van der Waals surface area contributed by atoms with Crippen LogP contribution in [0.15, 0.2) is 53.7 Å². The van der Waals surface area contributed by atoms with E-state index in [0.717, 1.165) is 11.3 Å². The van der Waals surface area contributed by atoms with Crippen LogP contribution in [0.25, 0.3) is 0 Å². The number of halogens is 3. The quantitative estimate of drug-likeness (QED) is 0.506. The highest BCUT2D eigenvalue weighted by atomic mass is 35.5. The second-order valence-corrected chi connectivity index (χ2v) is 9.63. The van der Waals surface area contributed by atoms with E-state index in [1.807, 2.05) is 26.0 Å². The number of anilines is 1. The van der Waals surface area contributed by atoms with Gasteiger partial charge in [-0.2, -0.15) is 0 Å². The van der Waals surface area contributed by atoms with E-state index < -0.39 is 0 Å². The van der Waals surface area contributed by atoms with E-state index >= 15 is 0 Å². The summed E-state index contributed by atoms with van der Waals surface area (Å²) in [6.07, 6.45) is 1.24. The normalized spacial score (nSPS) is 21.4. The van der Waals surface area contributed by atoms with E-state index in [9.17, 15) is 9.59 Å². The minimum atomic E-state index is -0.285. The standard InChI is InChI=1S/C23H20Cl3NO2/c1-23(2)11-18-21(19(28)12-23)15(13-6-8-14(24)9-7-13)10-20(29)27(18)17-5-3-4-16(25)22(17)26/h3-9,15H,10-12H2,1-2H3. The maximum atomic E-state index is 13.3. The van der Waals surface area contributed by atoms with Crippen molar-refractivity contribution in [3.63, 3.8) is 0 Å². The zero-order valence-electron chi connectivity index (χ0n) is 16.1. The highest BCUT2D eigenvalue weighted by molar-refractivity contribution is 6.44. The van der Waals surface area contributed by atoms with Crippen molar-refractivity contribution in [1.82, 2.24) is 0 Å². The van der Waals surface area contributed by atoms with Crippen molar-refractivity contribution in [3.8, 4) is 0 Å². The maximum absolute atomic E-state index is 13.3. The fourth-order valence-corrected chi connectivity index (χ4v) is 4.85. The Hall–Kier alpha value is -1.81. The summed E-state index contributed by atoms with van der Waals surface area (Å²) < 4.78 is 0. The molecule has 0 fully saturated rings. The lowest BCUT2D eigenvalue weighted by Gasteiger charge is -2.43. The second-order valence-electron chi connectivity index (χ2n) is 8.41. The lowest BCUT2D eigenvalue weighted by molar-refractivity contribution is -0.121. The topological polar surface area (TPSA) is 37.4 Å². The number of Topliss-reactive ketones (excluding diaryl/α,β-unsaturated/α-hetero) is 1. The molecule has 3 nitrogen and oxygen atoms in total. The highest BCUT2D eigenvalue weighted by Crippen LogP contribution is 2.49. The van der Waals surface area contributed by atoms with Gasteiger partial charge in [0.2, 0.25) is 5.91 Å². The summed E-state index contributed by atoms with van der Waals surface area (Å²) in [4.78, 5) is 28.2. The zero-order valence-corrected chi connectivity index (χ0v) is 18.4. The fraction of sp³-hybridized carbons (Fsp3) is 0.304. The van der Waals surface area contributed by atoms with Gasteiger partial charge >= 0.3 is 0 Å². The Labute approximate surface area is 185 Å². The summed E-state index contributed by atoms with van der Waals surface area (Å²) in [5.41, 5.74) is 2.62. The summed E-state index contributed by atoms with van der Waals surface area (Å²) >= 11 is 18.7. The molecule has 2 aromatic rings. The number of hydrogen-bond donors (Lipinski definition) is 0. The highest BCUT2D eigenvalue weighted by Gasteiger charge is 2.44. The zero-order chi connectivity index (χ0) is 20.9. The Bertz CT molecular complexity index is 1040. The molecule has 150 valence electrons. The molecule has 4 rings (SSSR count). The number of allylic oxidation sites excluding steroid dienone is 2. The third-order valence-corrected chi connectivity index (χ3v) is 6.65. The molecule has 1 atom stereocenters. The van der Waals surface area contributed by atoms with Gasteiger partial charge in [0.05, 0.1) is 15.7 Å². The summed E-state index contributed by atoms with van der Waals surface area (Å²) in [6.45, 7) is 4.09. The average Bonchev–Trinajstić information content (AvgIpc) is 2.63. The van der Waals surface area contributed by atoms with Crippen LogP contribution in [0.3, 0.4) is 0 Å². The van der Waals surface area contributed by atoms with Gasteiger partial charge in [0.25, 0.3) is 0 Å². The molecule has 0 saturated heterocycles. The number of hydrogen-bond acceptors (Lipinski definition) is 2. The van der Waals surface area contributed by atoms with Gasteiger partial charge in [-0.3, -0.25) is 14.5 Å². The molecule has 0 radical (unpaired) electrons. The summed E-state index contributed by atoms with van der Waals surface area (Å²) in [7, 11) is 0. The first-order valence-electron chi connectivity index (χ1n) is 9.46. The van der Waals surface area contributed by atoms with E-state index in [1.165, 1.54) is 0 Å². The van der Waals surface area contributed by atoms with Gasteiger partial charge < -0.3 is 0 Å². The van der Waals surface area contributed by atoms with Crippen molar-refractivity contribution in [2.75, 3.05) is 4.90 Å². The first-order valence-corrected chi connectivity index (χ1v) is 10.6. The maximum Gasteiger partial charge on any atom is 0.232 e. The molecule has 1 amide bonds. The Morgan fingerprint density at radius 3 is 2.34 bits per heavy atom. The number of carbonyl (C=O) groups is 2. The summed E-state index contributed by atoms with van der Waals surface area (Å²) in [5.74, 6) is -0.308. The van der Waals surface area contributed by atoms with Crippen LogP contribution in [0, 0.1) is 5.41 Å². The van der Waals surface area contributed by atoms with Crippen molar-refractivity contribution in [1.29, 1.82) is 0 Å². The number of rotatable bonds is 2. The molecule has 1 unspecified atom stereocenters. The second kappa shape index (κ2) is 7.46. The monoisotopic (exact) mass is 447 g/mol. The first kappa shape index (κ1) is 20.5. The van der Waals surface area contributed by atoms with Crippen molar-refractivity contribution >= 4 is 52.2 Å². The molecule has 2 aromatic carbocycles. The number of carbonyl (C=O) groups excluding carboxylic acids is 2. The van der Waals surface area contributed by atoms with Gasteiger partial charge in [-0.25, -0.2) is 0 Å². The predicted octanol–water partition coefficient (Wildman–Crippen LogP) is 6.81. The molecule has 1 aliphatic carbocycles. The van der Waals surface area contributed by atoms with Crippen LogP contribution in [0.5, 0.6) is 0 Å². The Morgan fingerprint density at radius 2 is 1.66 bits per heavy atom. The number of amides is 1. The fourth-order valence-electron chi connectivity index (χ4n) is 4.34. The van der Waals surface area contributed by atoms with Crippen molar-refractivity contribution in [3.05, 3.63) is 74.4 Å². The molecule has 0 saturated carbocycles. The van der Waals surface area contributed by atoms with E-state index in [4.69, 9.17) is 34.8 Å². The van der Waals surface area contributed by atoms with Crippen molar-refractivity contribution < 1.29 is 9.59 Å². The number of ketones is 1. The minimum Gasteiger partial charge on any atom is -0.294 e. The van der Waals surface area contributed by atoms with Gasteiger partial charge in [-0.05, 0) is 41.7 Å². The van der Waals surface area contributed by atoms with E-state index in [2.05, 4.69) is 0 Å². The Morgan fingerprint density at radius 1 is 0.966 bits per heavy atom. The van der Waals surface area contributed by atoms with Gasteiger partial charge in [-0.1, -0.05) is 66.8 Å². The molecule has 2 aliphatic rings. The van der Waals surface area contributed by atoms with Gasteiger partial charge in [-0.15, -0.1) is 0 Å². The van der Waals surface area contributed by atoms with E-state index in [0.29, 0.717) is 39.2 Å². The Balaban J connectivity index is 1.92. The molecule has 6 heteroatoms. The predicted molar refractivity (Wildman–Crippen MR) is 118 cm³/mol. The molecule has 1 heterocycles. The summed E-state index contributed by atoms with van der Waals surface area (Å²) in [6, 6.07) is 12.6. The molecule has 29 heavy (non-hydrogen) atoms. The third kappa shape index (κ3) is 3.72.